The van der Waals surface area contributed by atoms with Crippen molar-refractivity contribution >= 4 is 23.5 Å². The molecule has 1 rings (SSSR count). The fourth-order valence-corrected chi connectivity index (χ4v) is 1.29. The van der Waals surface area contributed by atoms with Gasteiger partial charge in [0.1, 0.15) is 0 Å². The van der Waals surface area contributed by atoms with Crippen LogP contribution in [0, 0.1) is 0 Å². The van der Waals surface area contributed by atoms with Crippen molar-refractivity contribution in [2.75, 3.05) is 5.32 Å². The Labute approximate surface area is 122 Å². The summed E-state index contributed by atoms with van der Waals surface area (Å²) in [5.74, 6) is -2.29. The maximum atomic E-state index is 12.1. The molecule has 0 heterocycles. The van der Waals surface area contributed by atoms with Crippen LogP contribution in [0.15, 0.2) is 26.0 Å². The third kappa shape index (κ3) is 4.44. The number of carbonyl (C=O) groups excluding carboxylic acids is 3. The molecule has 0 spiro atoms. The molecular weight excluding hydrogens is 298 g/mol. The standard InChI is InChI=1S/C12H11N3O7/c1-5(16)13-8-4-9(19)10(14-21-6(2)17)11(12(8)20)15-22-7(3)18/h4H,1-3H3,(H,13,16). The van der Waals surface area contributed by atoms with Gasteiger partial charge in [0, 0.05) is 26.8 Å². The first kappa shape index (κ1) is 16.9. The normalized spacial score (nSPS) is 12.0. The molecule has 0 atom stereocenters. The van der Waals surface area contributed by atoms with Gasteiger partial charge in [-0.3, -0.25) is 14.4 Å². The highest BCUT2D eigenvalue weighted by Crippen LogP contribution is 1.90. The maximum absolute atomic E-state index is 12.1. The van der Waals surface area contributed by atoms with E-state index in [-0.39, 0.29) is 5.69 Å². The Morgan fingerprint density at radius 1 is 0.955 bits per heavy atom. The number of hydrogen-bond acceptors (Lipinski definition) is 9. The first-order chi connectivity index (χ1) is 10.2. The van der Waals surface area contributed by atoms with Gasteiger partial charge in [0.25, 0.3) is 0 Å². The van der Waals surface area contributed by atoms with Gasteiger partial charge in [-0.05, 0) is 0 Å². The first-order valence-electron chi connectivity index (χ1n) is 5.82. The summed E-state index contributed by atoms with van der Waals surface area (Å²) in [6, 6.07) is 0.791. The predicted octanol–water partition coefficient (Wildman–Crippen LogP) is -2.00. The zero-order valence-electron chi connectivity index (χ0n) is 11.8. The molecule has 1 aromatic carbocycles. The molecule has 0 unspecified atom stereocenters. The van der Waals surface area contributed by atoms with Crippen LogP contribution in [0.1, 0.15) is 20.8 Å². The third-order valence-corrected chi connectivity index (χ3v) is 2.03. The van der Waals surface area contributed by atoms with E-state index in [0.717, 1.165) is 26.8 Å². The number of anilines is 1. The molecule has 0 aliphatic heterocycles. The topological polar surface area (TPSA) is 141 Å². The monoisotopic (exact) mass is 309 g/mol. The Morgan fingerprint density at radius 2 is 1.45 bits per heavy atom. The summed E-state index contributed by atoms with van der Waals surface area (Å²) < 4.78 is 0. The Bertz CT molecular complexity index is 847. The Balaban J connectivity index is 3.70. The van der Waals surface area contributed by atoms with Crippen LogP contribution in [0.4, 0.5) is 5.69 Å². The summed E-state index contributed by atoms with van der Waals surface area (Å²) in [6.07, 6.45) is 0. The maximum Gasteiger partial charge on any atom is 0.332 e. The second kappa shape index (κ2) is 7.02. The smallest absolute Gasteiger partial charge is 0.323 e. The predicted molar refractivity (Wildman–Crippen MR) is 70.3 cm³/mol. The molecule has 0 saturated heterocycles. The summed E-state index contributed by atoms with van der Waals surface area (Å²) in [4.78, 5) is 65.1. The zero-order chi connectivity index (χ0) is 16.9. The molecule has 1 amide bonds. The lowest BCUT2D eigenvalue weighted by Gasteiger charge is -1.99. The molecule has 0 aliphatic carbocycles. The van der Waals surface area contributed by atoms with Crippen LogP contribution in [0.25, 0.3) is 0 Å². The Kier molecular flexibility index (Phi) is 5.38. The number of carbonyl (C=O) groups is 3. The molecule has 1 aromatic rings. The summed E-state index contributed by atoms with van der Waals surface area (Å²) in [7, 11) is 0. The quantitative estimate of drug-likeness (QED) is 0.502. The number of hydrogen-bond donors (Lipinski definition) is 1. The van der Waals surface area contributed by atoms with Crippen LogP contribution >= 0.6 is 0 Å². The van der Waals surface area contributed by atoms with Crippen molar-refractivity contribution < 1.29 is 24.1 Å². The van der Waals surface area contributed by atoms with Gasteiger partial charge < -0.3 is 15.0 Å². The van der Waals surface area contributed by atoms with E-state index < -0.39 is 39.4 Å². The fourth-order valence-electron chi connectivity index (χ4n) is 1.29. The first-order valence-corrected chi connectivity index (χ1v) is 5.82. The summed E-state index contributed by atoms with van der Waals surface area (Å²) in [5.41, 5.74) is -2.16. The van der Waals surface area contributed by atoms with E-state index in [1.165, 1.54) is 0 Å². The van der Waals surface area contributed by atoms with E-state index in [9.17, 15) is 24.0 Å². The Hall–Kier alpha value is -3.17. The van der Waals surface area contributed by atoms with Crippen LogP contribution in [-0.2, 0) is 24.1 Å². The largest absolute Gasteiger partial charge is 0.332 e. The van der Waals surface area contributed by atoms with Gasteiger partial charge >= 0.3 is 11.9 Å². The van der Waals surface area contributed by atoms with Gasteiger partial charge in [0.05, 0.1) is 5.69 Å². The van der Waals surface area contributed by atoms with Crippen LogP contribution in [0.5, 0.6) is 0 Å². The van der Waals surface area contributed by atoms with Gasteiger partial charge in [0.2, 0.25) is 16.8 Å². The fraction of sp³-hybridized carbons (Fsp3) is 0.250. The number of amides is 1. The molecule has 1 N–H and O–H groups in total. The highest BCUT2D eigenvalue weighted by Gasteiger charge is 2.11. The van der Waals surface area contributed by atoms with Gasteiger partial charge in [0.15, 0.2) is 10.7 Å². The molecule has 0 fully saturated rings. The van der Waals surface area contributed by atoms with E-state index in [1.54, 1.807) is 0 Å². The number of nitrogens with one attached hydrogen (secondary N) is 1. The minimum absolute atomic E-state index is 0.370. The zero-order valence-corrected chi connectivity index (χ0v) is 11.8. The second-order valence-electron chi connectivity index (χ2n) is 3.98. The number of rotatable bonds is 3. The highest BCUT2D eigenvalue weighted by molar-refractivity contribution is 5.88. The molecule has 10 nitrogen and oxygen atoms in total. The molecule has 0 aromatic heterocycles. The van der Waals surface area contributed by atoms with Gasteiger partial charge in [-0.25, -0.2) is 9.59 Å². The molecule has 116 valence electrons. The van der Waals surface area contributed by atoms with Gasteiger partial charge in [-0.1, -0.05) is 10.3 Å². The SMILES string of the molecule is CC(=O)Nc1cc(=O)c(=NOC(C)=O)c(=NOC(C)=O)c1=O. The minimum atomic E-state index is -0.929. The van der Waals surface area contributed by atoms with Gasteiger partial charge in [-0.2, -0.15) is 0 Å². The van der Waals surface area contributed by atoms with Crippen molar-refractivity contribution in [2.45, 2.75) is 20.8 Å². The lowest BCUT2D eigenvalue weighted by molar-refractivity contribution is -0.142. The van der Waals surface area contributed by atoms with Crippen LogP contribution < -0.4 is 26.9 Å². The van der Waals surface area contributed by atoms with E-state index in [4.69, 9.17) is 0 Å². The van der Waals surface area contributed by atoms with E-state index in [2.05, 4.69) is 25.3 Å². The summed E-state index contributed by atoms with van der Waals surface area (Å²) in [5, 5.41) is 7.25. The van der Waals surface area contributed by atoms with E-state index >= 15 is 0 Å². The van der Waals surface area contributed by atoms with Crippen molar-refractivity contribution in [3.63, 3.8) is 0 Å². The number of nitrogens with zero attached hydrogens (tertiary/aromatic N) is 2. The third-order valence-electron chi connectivity index (χ3n) is 2.03. The van der Waals surface area contributed by atoms with Crippen molar-refractivity contribution in [1.29, 1.82) is 0 Å². The van der Waals surface area contributed by atoms with Crippen molar-refractivity contribution in [3.05, 3.63) is 37.2 Å². The molecule has 0 bridgehead atoms. The lowest BCUT2D eigenvalue weighted by Crippen LogP contribution is -2.49. The average molecular weight is 309 g/mol. The molecule has 22 heavy (non-hydrogen) atoms. The Morgan fingerprint density at radius 3 is 1.91 bits per heavy atom. The highest BCUT2D eigenvalue weighted by atomic mass is 16.7. The molecular formula is C12H11N3O7. The van der Waals surface area contributed by atoms with Crippen molar-refractivity contribution in [3.8, 4) is 0 Å². The molecule has 10 heteroatoms. The second-order valence-corrected chi connectivity index (χ2v) is 3.98. The van der Waals surface area contributed by atoms with Crippen molar-refractivity contribution in [1.82, 2.24) is 0 Å². The van der Waals surface area contributed by atoms with Crippen LogP contribution in [0.2, 0.25) is 0 Å². The van der Waals surface area contributed by atoms with Crippen LogP contribution in [0.3, 0.4) is 0 Å². The molecule has 0 saturated carbocycles. The molecule has 0 aliphatic rings. The lowest BCUT2D eigenvalue weighted by atomic mass is 10.2. The summed E-state index contributed by atoms with van der Waals surface area (Å²) in [6.45, 7) is 3.18. The van der Waals surface area contributed by atoms with Crippen molar-refractivity contribution in [2.24, 2.45) is 10.3 Å². The van der Waals surface area contributed by atoms with Gasteiger partial charge in [-0.15, -0.1) is 0 Å². The number of benzene rings is 1. The average Bonchev–Trinajstić information content (AvgIpc) is 2.38. The molecule has 0 radical (unpaired) electrons. The summed E-state index contributed by atoms with van der Waals surface area (Å²) >= 11 is 0. The van der Waals surface area contributed by atoms with Crippen LogP contribution in [-0.4, -0.2) is 17.8 Å². The van der Waals surface area contributed by atoms with E-state index in [0.29, 0.717) is 0 Å². The minimum Gasteiger partial charge on any atom is -0.323 e. The van der Waals surface area contributed by atoms with E-state index in [1.807, 2.05) is 0 Å².